The molecule has 8 heteroatoms. The molecule has 6 nitrogen and oxygen atoms in total. The first-order valence-corrected chi connectivity index (χ1v) is 12.0. The van der Waals surface area contributed by atoms with E-state index in [2.05, 4.69) is 10.3 Å². The van der Waals surface area contributed by atoms with Gasteiger partial charge in [0.05, 0.1) is 23.0 Å². The maximum atomic E-state index is 13.0. The van der Waals surface area contributed by atoms with Gasteiger partial charge in [0, 0.05) is 31.3 Å². The molecule has 1 atom stereocenters. The summed E-state index contributed by atoms with van der Waals surface area (Å²) in [4.78, 5) is 15.7. The number of aryl methyl sites for hydroxylation is 2. The van der Waals surface area contributed by atoms with Crippen molar-refractivity contribution in [2.45, 2.75) is 51.8 Å². The van der Waals surface area contributed by atoms with E-state index >= 15 is 0 Å². The second kappa shape index (κ2) is 8.71. The molecule has 1 saturated heterocycles. The van der Waals surface area contributed by atoms with Gasteiger partial charge in [-0.15, -0.1) is 11.3 Å². The summed E-state index contributed by atoms with van der Waals surface area (Å²) in [5.74, 6) is 0.0629. The van der Waals surface area contributed by atoms with Crippen LogP contribution in [0.3, 0.4) is 0 Å². The molecule has 3 rings (SSSR count). The molecule has 1 unspecified atom stereocenters. The van der Waals surface area contributed by atoms with Gasteiger partial charge in [-0.1, -0.05) is 23.8 Å². The number of hydrogen-bond acceptors (Lipinski definition) is 5. The van der Waals surface area contributed by atoms with Crippen molar-refractivity contribution in [3.63, 3.8) is 0 Å². The second-order valence-corrected chi connectivity index (χ2v) is 10.3. The van der Waals surface area contributed by atoms with E-state index in [9.17, 15) is 13.2 Å². The fraction of sp³-hybridized carbons (Fsp3) is 0.500. The number of carbonyl (C=O) groups is 1. The molecule has 152 valence electrons. The van der Waals surface area contributed by atoms with Gasteiger partial charge in [-0.25, -0.2) is 17.7 Å². The first kappa shape index (κ1) is 21.0. The van der Waals surface area contributed by atoms with E-state index in [1.165, 1.54) is 6.92 Å². The third-order valence-corrected chi connectivity index (χ3v) is 7.91. The number of carbonyl (C=O) groups excluding carboxylic acids is 1. The highest BCUT2D eigenvalue weighted by Crippen LogP contribution is 2.31. The highest BCUT2D eigenvalue weighted by Gasteiger charge is 2.31. The molecule has 1 fully saturated rings. The number of nitrogens with one attached hydrogen (secondary N) is 1. The zero-order chi connectivity index (χ0) is 20.3. The smallest absolute Gasteiger partial charge is 0.218 e. The van der Waals surface area contributed by atoms with Gasteiger partial charge in [0.15, 0.2) is 0 Å². The Bertz CT molecular complexity index is 953. The molecule has 1 N–H and O–H groups in total. The van der Waals surface area contributed by atoms with Crippen LogP contribution >= 0.6 is 11.3 Å². The fourth-order valence-electron chi connectivity index (χ4n) is 3.45. The largest absolute Gasteiger partial charge is 0.351 e. The molecule has 1 aliphatic rings. The Morgan fingerprint density at radius 1 is 1.36 bits per heavy atom. The summed E-state index contributed by atoms with van der Waals surface area (Å²) in [5.41, 5.74) is 3.77. The van der Waals surface area contributed by atoms with Crippen LogP contribution < -0.4 is 5.32 Å². The van der Waals surface area contributed by atoms with Crippen LogP contribution in [-0.4, -0.2) is 36.7 Å². The molecule has 1 aromatic carbocycles. The summed E-state index contributed by atoms with van der Waals surface area (Å²) in [6.45, 7) is 6.86. The molecule has 28 heavy (non-hydrogen) atoms. The Balaban J connectivity index is 1.70. The van der Waals surface area contributed by atoms with Crippen LogP contribution in [0.25, 0.3) is 0 Å². The third-order valence-electron chi connectivity index (χ3n) is 5.06. The van der Waals surface area contributed by atoms with Gasteiger partial charge >= 0.3 is 0 Å². The van der Waals surface area contributed by atoms with E-state index in [-0.39, 0.29) is 17.6 Å². The Labute approximate surface area is 171 Å². The highest BCUT2D eigenvalue weighted by atomic mass is 32.2. The van der Waals surface area contributed by atoms with Crippen molar-refractivity contribution < 1.29 is 13.2 Å². The van der Waals surface area contributed by atoms with Crippen molar-refractivity contribution in [1.82, 2.24) is 14.6 Å². The molecule has 2 heterocycles. The highest BCUT2D eigenvalue weighted by molar-refractivity contribution is 7.88. The van der Waals surface area contributed by atoms with Crippen molar-refractivity contribution >= 4 is 27.3 Å². The molecule has 0 bridgehead atoms. The van der Waals surface area contributed by atoms with Gasteiger partial charge < -0.3 is 5.32 Å². The van der Waals surface area contributed by atoms with Crippen LogP contribution in [-0.2, 0) is 27.1 Å². The van der Waals surface area contributed by atoms with Crippen LogP contribution in [0.15, 0.2) is 23.6 Å². The maximum absolute atomic E-state index is 13.0. The summed E-state index contributed by atoms with van der Waals surface area (Å²) in [5, 5.41) is 5.64. The summed E-state index contributed by atoms with van der Waals surface area (Å²) in [6, 6.07) is 5.94. The number of benzene rings is 1. The van der Waals surface area contributed by atoms with E-state index in [4.69, 9.17) is 0 Å². The minimum atomic E-state index is -3.38. The van der Waals surface area contributed by atoms with Gasteiger partial charge in [-0.2, -0.15) is 0 Å². The Morgan fingerprint density at radius 3 is 2.89 bits per heavy atom. The van der Waals surface area contributed by atoms with Crippen molar-refractivity contribution in [2.75, 3.05) is 13.1 Å². The lowest BCUT2D eigenvalue weighted by atomic mass is 10.0. The lowest BCUT2D eigenvalue weighted by Gasteiger charge is -2.31. The van der Waals surface area contributed by atoms with Gasteiger partial charge in [0.1, 0.15) is 0 Å². The predicted molar refractivity (Wildman–Crippen MR) is 112 cm³/mol. The molecule has 1 aromatic heterocycles. The van der Waals surface area contributed by atoms with Crippen molar-refractivity contribution in [3.8, 4) is 0 Å². The van der Waals surface area contributed by atoms with E-state index in [1.54, 1.807) is 15.6 Å². The first-order chi connectivity index (χ1) is 13.2. The number of piperidine rings is 1. The normalized spacial score (nSPS) is 18.2. The van der Waals surface area contributed by atoms with Crippen LogP contribution in [0.2, 0.25) is 0 Å². The standard InChI is InChI=1S/C20H27N3O3S2/c1-14-6-7-15(2)18(9-14)13-28(25,26)23-8-4-5-17(11-23)20-22-19(12-27-20)10-21-16(3)24/h6-7,9,12,17H,4-5,8,10-11,13H2,1-3H3,(H,21,24). The monoisotopic (exact) mass is 421 g/mol. The average molecular weight is 422 g/mol. The average Bonchev–Trinajstić information content (AvgIpc) is 3.12. The van der Waals surface area contributed by atoms with Crippen molar-refractivity contribution in [3.05, 3.63) is 51.0 Å². The minimum Gasteiger partial charge on any atom is -0.351 e. The molecule has 0 saturated carbocycles. The van der Waals surface area contributed by atoms with Crippen molar-refractivity contribution in [2.24, 2.45) is 0 Å². The second-order valence-electron chi connectivity index (χ2n) is 7.47. The molecule has 0 spiro atoms. The first-order valence-electron chi connectivity index (χ1n) is 9.47. The number of sulfonamides is 1. The lowest BCUT2D eigenvalue weighted by Crippen LogP contribution is -2.39. The fourth-order valence-corrected chi connectivity index (χ4v) is 6.10. The minimum absolute atomic E-state index is 0.0406. The number of aromatic nitrogens is 1. The SMILES string of the molecule is CC(=O)NCc1csc(C2CCCN(S(=O)(=O)Cc3cc(C)ccc3C)C2)n1. The zero-order valence-corrected chi connectivity index (χ0v) is 18.2. The topological polar surface area (TPSA) is 79.4 Å². The van der Waals surface area contributed by atoms with Gasteiger partial charge in [0.2, 0.25) is 15.9 Å². The summed E-state index contributed by atoms with van der Waals surface area (Å²) in [6.07, 6.45) is 1.76. The summed E-state index contributed by atoms with van der Waals surface area (Å²) < 4.78 is 27.7. The van der Waals surface area contributed by atoms with E-state index < -0.39 is 10.0 Å². The van der Waals surface area contributed by atoms with Gasteiger partial charge in [-0.05, 0) is 37.8 Å². The Morgan fingerprint density at radius 2 is 2.14 bits per heavy atom. The number of rotatable bonds is 6. The molecule has 0 radical (unpaired) electrons. The lowest BCUT2D eigenvalue weighted by molar-refractivity contribution is -0.119. The maximum Gasteiger partial charge on any atom is 0.218 e. The summed E-state index contributed by atoms with van der Waals surface area (Å²) in [7, 11) is -3.38. The molecule has 2 aromatic rings. The molecular formula is C20H27N3O3S2. The quantitative estimate of drug-likeness (QED) is 0.777. The number of nitrogens with zero attached hydrogens (tertiary/aromatic N) is 2. The number of hydrogen-bond donors (Lipinski definition) is 1. The van der Waals surface area contributed by atoms with Crippen molar-refractivity contribution in [1.29, 1.82) is 0 Å². The van der Waals surface area contributed by atoms with Crippen LogP contribution in [0, 0.1) is 13.8 Å². The Hall–Kier alpha value is -1.77. The predicted octanol–water partition coefficient (Wildman–Crippen LogP) is 3.11. The van der Waals surface area contributed by atoms with Crippen LogP contribution in [0.5, 0.6) is 0 Å². The van der Waals surface area contributed by atoms with Crippen LogP contribution in [0.1, 0.15) is 53.1 Å². The number of thiazole rings is 1. The van der Waals surface area contributed by atoms with Crippen LogP contribution in [0.4, 0.5) is 0 Å². The molecular weight excluding hydrogens is 394 g/mol. The van der Waals surface area contributed by atoms with Gasteiger partial charge in [-0.3, -0.25) is 4.79 Å². The Kier molecular flexibility index (Phi) is 6.52. The molecule has 1 amide bonds. The van der Waals surface area contributed by atoms with E-state index in [0.29, 0.717) is 19.6 Å². The van der Waals surface area contributed by atoms with Gasteiger partial charge in [0.25, 0.3) is 0 Å². The third kappa shape index (κ3) is 5.18. The zero-order valence-electron chi connectivity index (χ0n) is 16.6. The number of amides is 1. The van der Waals surface area contributed by atoms with E-state index in [1.807, 2.05) is 37.4 Å². The van der Waals surface area contributed by atoms with E-state index in [0.717, 1.165) is 40.2 Å². The summed E-state index contributed by atoms with van der Waals surface area (Å²) >= 11 is 1.54. The molecule has 1 aliphatic heterocycles. The molecule has 0 aliphatic carbocycles.